The van der Waals surface area contributed by atoms with Crippen molar-refractivity contribution in [2.24, 2.45) is 0 Å². The quantitative estimate of drug-likeness (QED) is 0.607. The minimum absolute atomic E-state index is 0.189. The zero-order valence-corrected chi connectivity index (χ0v) is 17.8. The Kier molecular flexibility index (Phi) is 5.59. The van der Waals surface area contributed by atoms with Gasteiger partial charge in [0.15, 0.2) is 11.5 Å². The van der Waals surface area contributed by atoms with E-state index in [1.807, 2.05) is 42.5 Å². The molecule has 1 unspecified atom stereocenters. The summed E-state index contributed by atoms with van der Waals surface area (Å²) in [6, 6.07) is 21.0. The number of halogens is 1. The summed E-state index contributed by atoms with van der Waals surface area (Å²) in [6.07, 6.45) is 0. The third-order valence-electron chi connectivity index (χ3n) is 5.93. The molecule has 2 heterocycles. The third-order valence-corrected chi connectivity index (χ3v) is 6.19. The summed E-state index contributed by atoms with van der Waals surface area (Å²) in [5, 5.41) is 12.7. The van der Waals surface area contributed by atoms with Crippen LogP contribution in [0.15, 0.2) is 66.7 Å². The molecule has 1 N–H and O–H groups in total. The number of rotatable bonds is 5. The van der Waals surface area contributed by atoms with Gasteiger partial charge in [-0.1, -0.05) is 54.1 Å². The van der Waals surface area contributed by atoms with E-state index in [0.717, 1.165) is 44.0 Å². The molecule has 0 radical (unpaired) electrons. The predicted octanol–water partition coefficient (Wildman–Crippen LogP) is 4.19. The molecule has 5 nitrogen and oxygen atoms in total. The summed E-state index contributed by atoms with van der Waals surface area (Å²) in [4.78, 5) is 2.38. The molecule has 31 heavy (non-hydrogen) atoms. The smallest absolute Gasteiger partial charge is 0.231 e. The molecule has 3 aromatic rings. The van der Waals surface area contributed by atoms with Crippen LogP contribution < -0.4 is 9.47 Å². The highest BCUT2D eigenvalue weighted by molar-refractivity contribution is 6.30. The van der Waals surface area contributed by atoms with Gasteiger partial charge in [-0.3, -0.25) is 4.90 Å². The van der Waals surface area contributed by atoms with Gasteiger partial charge in [0.1, 0.15) is 5.60 Å². The Balaban J connectivity index is 1.52. The van der Waals surface area contributed by atoms with Gasteiger partial charge in [0.25, 0.3) is 0 Å². The molecule has 0 saturated carbocycles. The van der Waals surface area contributed by atoms with E-state index in [1.165, 1.54) is 5.56 Å². The van der Waals surface area contributed by atoms with Gasteiger partial charge in [-0.2, -0.15) is 0 Å². The van der Waals surface area contributed by atoms with Crippen LogP contribution in [0.25, 0.3) is 0 Å². The molecule has 1 atom stereocenters. The fourth-order valence-electron chi connectivity index (χ4n) is 4.18. The fourth-order valence-corrected chi connectivity index (χ4v) is 4.31. The molecule has 5 rings (SSSR count). The summed E-state index contributed by atoms with van der Waals surface area (Å²) >= 11 is 6.11. The van der Waals surface area contributed by atoms with E-state index in [0.29, 0.717) is 22.1 Å². The molecule has 1 fully saturated rings. The highest BCUT2D eigenvalue weighted by Gasteiger charge is 2.35. The standard InChI is InChI=1S/C25H24ClNO4/c26-22-8-5-20(6-9-22)25(28,21-7-10-23-24(15-21)31-17-30-23)19-3-1-18(2-4-19)16-27-11-13-29-14-12-27/h1-10,15,28H,11-14,16-17H2. The van der Waals surface area contributed by atoms with Crippen molar-refractivity contribution >= 4 is 11.6 Å². The highest BCUT2D eigenvalue weighted by atomic mass is 35.5. The number of ether oxygens (including phenoxy) is 3. The maximum absolute atomic E-state index is 12.1. The van der Waals surface area contributed by atoms with Crippen molar-refractivity contribution in [3.05, 3.63) is 94.0 Å². The van der Waals surface area contributed by atoms with Crippen molar-refractivity contribution in [2.75, 3.05) is 33.1 Å². The normalized spacial score (nSPS) is 18.0. The number of hydrogen-bond acceptors (Lipinski definition) is 5. The third kappa shape index (κ3) is 4.02. The second-order valence-corrected chi connectivity index (χ2v) is 8.31. The monoisotopic (exact) mass is 437 g/mol. The lowest BCUT2D eigenvalue weighted by molar-refractivity contribution is 0.0342. The van der Waals surface area contributed by atoms with Gasteiger partial charge in [0, 0.05) is 24.7 Å². The first kappa shape index (κ1) is 20.3. The summed E-state index contributed by atoms with van der Waals surface area (Å²) in [5.41, 5.74) is 2.06. The topological polar surface area (TPSA) is 51.2 Å². The van der Waals surface area contributed by atoms with Gasteiger partial charge in [0.05, 0.1) is 13.2 Å². The van der Waals surface area contributed by atoms with Gasteiger partial charge >= 0.3 is 0 Å². The van der Waals surface area contributed by atoms with E-state index in [-0.39, 0.29) is 6.79 Å². The lowest BCUT2D eigenvalue weighted by atomic mass is 9.80. The van der Waals surface area contributed by atoms with E-state index in [4.69, 9.17) is 25.8 Å². The van der Waals surface area contributed by atoms with Crippen molar-refractivity contribution in [1.29, 1.82) is 0 Å². The van der Waals surface area contributed by atoms with Crippen LogP contribution in [0.4, 0.5) is 0 Å². The molecule has 2 aliphatic heterocycles. The Hall–Kier alpha value is -2.57. The summed E-state index contributed by atoms with van der Waals surface area (Å²) in [7, 11) is 0. The predicted molar refractivity (Wildman–Crippen MR) is 119 cm³/mol. The van der Waals surface area contributed by atoms with E-state index in [2.05, 4.69) is 17.0 Å². The molecular weight excluding hydrogens is 414 g/mol. The van der Waals surface area contributed by atoms with Gasteiger partial charge in [-0.25, -0.2) is 0 Å². The number of morpholine rings is 1. The molecule has 1 saturated heterocycles. The van der Waals surface area contributed by atoms with Crippen LogP contribution in [0.3, 0.4) is 0 Å². The van der Waals surface area contributed by atoms with Crippen molar-refractivity contribution in [1.82, 2.24) is 4.90 Å². The minimum atomic E-state index is -1.36. The summed E-state index contributed by atoms with van der Waals surface area (Å²) in [6.45, 7) is 4.49. The second kappa shape index (κ2) is 8.52. The number of nitrogens with zero attached hydrogens (tertiary/aromatic N) is 1. The maximum Gasteiger partial charge on any atom is 0.231 e. The number of aliphatic hydroxyl groups is 1. The van der Waals surface area contributed by atoms with Crippen LogP contribution in [-0.2, 0) is 16.9 Å². The van der Waals surface area contributed by atoms with Crippen LogP contribution in [0.5, 0.6) is 11.5 Å². The van der Waals surface area contributed by atoms with E-state index in [9.17, 15) is 5.11 Å². The summed E-state index contributed by atoms with van der Waals surface area (Å²) in [5.74, 6) is 1.32. The Bertz CT molecular complexity index is 1050. The van der Waals surface area contributed by atoms with Crippen LogP contribution in [0, 0.1) is 0 Å². The first-order valence-electron chi connectivity index (χ1n) is 10.4. The molecule has 0 aliphatic carbocycles. The Morgan fingerprint density at radius 1 is 0.806 bits per heavy atom. The highest BCUT2D eigenvalue weighted by Crippen LogP contribution is 2.42. The molecule has 0 bridgehead atoms. The molecule has 3 aromatic carbocycles. The lowest BCUT2D eigenvalue weighted by Gasteiger charge is -2.31. The Morgan fingerprint density at radius 3 is 2.13 bits per heavy atom. The number of fused-ring (bicyclic) bond motifs is 1. The molecule has 0 amide bonds. The van der Waals surface area contributed by atoms with Gasteiger partial charge < -0.3 is 19.3 Å². The summed E-state index contributed by atoms with van der Waals surface area (Å²) < 4.78 is 16.4. The van der Waals surface area contributed by atoms with Crippen LogP contribution in [0.2, 0.25) is 5.02 Å². The first-order valence-corrected chi connectivity index (χ1v) is 10.8. The van der Waals surface area contributed by atoms with Crippen molar-refractivity contribution < 1.29 is 19.3 Å². The molecule has 160 valence electrons. The van der Waals surface area contributed by atoms with Crippen molar-refractivity contribution in [3.63, 3.8) is 0 Å². The van der Waals surface area contributed by atoms with Crippen LogP contribution in [0.1, 0.15) is 22.3 Å². The Morgan fingerprint density at radius 2 is 1.42 bits per heavy atom. The van der Waals surface area contributed by atoms with E-state index in [1.54, 1.807) is 12.1 Å². The van der Waals surface area contributed by atoms with Crippen LogP contribution >= 0.6 is 11.6 Å². The fraction of sp³-hybridized carbons (Fsp3) is 0.280. The van der Waals surface area contributed by atoms with Crippen LogP contribution in [-0.4, -0.2) is 43.1 Å². The minimum Gasteiger partial charge on any atom is -0.454 e. The largest absolute Gasteiger partial charge is 0.454 e. The zero-order chi connectivity index (χ0) is 21.3. The second-order valence-electron chi connectivity index (χ2n) is 7.87. The maximum atomic E-state index is 12.1. The molecular formula is C25H24ClNO4. The van der Waals surface area contributed by atoms with Gasteiger partial charge in [0.2, 0.25) is 6.79 Å². The van der Waals surface area contributed by atoms with Crippen molar-refractivity contribution in [3.8, 4) is 11.5 Å². The van der Waals surface area contributed by atoms with Gasteiger partial charge in [-0.15, -0.1) is 0 Å². The molecule has 0 aromatic heterocycles. The average molecular weight is 438 g/mol. The number of hydrogen-bond donors (Lipinski definition) is 1. The molecule has 2 aliphatic rings. The zero-order valence-electron chi connectivity index (χ0n) is 17.1. The SMILES string of the molecule is OC(c1ccc(Cl)cc1)(c1ccc(CN2CCOCC2)cc1)c1ccc2c(c1)OCO2. The van der Waals surface area contributed by atoms with E-state index < -0.39 is 5.60 Å². The van der Waals surface area contributed by atoms with Gasteiger partial charge in [-0.05, 0) is 46.5 Å². The molecule has 0 spiro atoms. The Labute approximate surface area is 186 Å². The van der Waals surface area contributed by atoms with Crippen molar-refractivity contribution in [2.45, 2.75) is 12.1 Å². The first-order chi connectivity index (χ1) is 15.1. The average Bonchev–Trinajstić information content (AvgIpc) is 3.28. The van der Waals surface area contributed by atoms with E-state index >= 15 is 0 Å². The lowest BCUT2D eigenvalue weighted by Crippen LogP contribution is -2.35. The molecule has 6 heteroatoms. The number of benzene rings is 3.